The number of aliphatic hydroxyl groups is 1. The molecule has 0 radical (unpaired) electrons. The molecule has 0 aliphatic carbocycles. The third kappa shape index (κ3) is 4.89. The third-order valence-corrected chi connectivity index (χ3v) is 3.87. The van der Waals surface area contributed by atoms with Gasteiger partial charge >= 0.3 is 0 Å². The van der Waals surface area contributed by atoms with Crippen LogP contribution in [-0.2, 0) is 0 Å². The van der Waals surface area contributed by atoms with E-state index in [1.54, 1.807) is 0 Å². The third-order valence-electron chi connectivity index (χ3n) is 3.87. The SMILES string of the molecule is O=C(NCCC(CCO)c1ccccc1)c1ccc([N+](=O)[O-])cc1. The number of amides is 1. The van der Waals surface area contributed by atoms with Crippen LogP contribution >= 0.6 is 0 Å². The zero-order valence-corrected chi connectivity index (χ0v) is 13.2. The highest BCUT2D eigenvalue weighted by atomic mass is 16.6. The van der Waals surface area contributed by atoms with Gasteiger partial charge in [-0.1, -0.05) is 30.3 Å². The number of hydrogen-bond donors (Lipinski definition) is 2. The van der Waals surface area contributed by atoms with Crippen LogP contribution in [0, 0.1) is 10.1 Å². The summed E-state index contributed by atoms with van der Waals surface area (Å²) in [5.74, 6) is -0.0888. The summed E-state index contributed by atoms with van der Waals surface area (Å²) in [5, 5.41) is 22.6. The molecular formula is C18H20N2O4. The Hall–Kier alpha value is -2.73. The molecule has 1 unspecified atom stereocenters. The van der Waals surface area contributed by atoms with E-state index in [4.69, 9.17) is 0 Å². The van der Waals surface area contributed by atoms with Crippen LogP contribution in [0.4, 0.5) is 5.69 Å². The summed E-state index contributed by atoms with van der Waals surface area (Å²) in [4.78, 5) is 22.2. The average molecular weight is 328 g/mol. The van der Waals surface area contributed by atoms with Crippen LogP contribution in [-0.4, -0.2) is 29.1 Å². The Kier molecular flexibility index (Phi) is 6.45. The molecule has 1 amide bonds. The first-order chi connectivity index (χ1) is 11.6. The number of nitro groups is 1. The molecule has 126 valence electrons. The lowest BCUT2D eigenvalue weighted by Crippen LogP contribution is -2.25. The summed E-state index contributed by atoms with van der Waals surface area (Å²) >= 11 is 0. The van der Waals surface area contributed by atoms with Crippen molar-refractivity contribution < 1.29 is 14.8 Å². The zero-order chi connectivity index (χ0) is 17.4. The van der Waals surface area contributed by atoms with E-state index in [1.165, 1.54) is 24.3 Å². The minimum absolute atomic E-state index is 0.0429. The molecule has 2 rings (SSSR count). The fraction of sp³-hybridized carbons (Fsp3) is 0.278. The zero-order valence-electron chi connectivity index (χ0n) is 13.2. The van der Waals surface area contributed by atoms with Crippen molar-refractivity contribution in [3.05, 3.63) is 75.8 Å². The first-order valence-electron chi connectivity index (χ1n) is 7.80. The number of benzene rings is 2. The van der Waals surface area contributed by atoms with E-state index in [9.17, 15) is 20.0 Å². The highest BCUT2D eigenvalue weighted by Gasteiger charge is 2.13. The molecule has 0 bridgehead atoms. The fourth-order valence-corrected chi connectivity index (χ4v) is 2.56. The summed E-state index contributed by atoms with van der Waals surface area (Å²) in [6, 6.07) is 15.4. The maximum absolute atomic E-state index is 12.1. The number of non-ortho nitro benzene ring substituents is 1. The van der Waals surface area contributed by atoms with Gasteiger partial charge in [0.25, 0.3) is 11.6 Å². The quantitative estimate of drug-likeness (QED) is 0.575. The van der Waals surface area contributed by atoms with E-state index in [-0.39, 0.29) is 24.1 Å². The number of rotatable bonds is 8. The summed E-state index contributed by atoms with van der Waals surface area (Å²) in [5.41, 5.74) is 1.48. The Labute approximate surface area is 140 Å². The Morgan fingerprint density at radius 1 is 1.08 bits per heavy atom. The molecule has 0 aliphatic rings. The lowest BCUT2D eigenvalue weighted by molar-refractivity contribution is -0.384. The molecule has 6 nitrogen and oxygen atoms in total. The lowest BCUT2D eigenvalue weighted by Gasteiger charge is -2.16. The molecule has 24 heavy (non-hydrogen) atoms. The Morgan fingerprint density at radius 2 is 1.75 bits per heavy atom. The van der Waals surface area contributed by atoms with Gasteiger partial charge in [-0.15, -0.1) is 0 Å². The van der Waals surface area contributed by atoms with E-state index in [0.717, 1.165) is 5.56 Å². The Balaban J connectivity index is 1.89. The number of hydrogen-bond acceptors (Lipinski definition) is 4. The van der Waals surface area contributed by atoms with Crippen LogP contribution in [0.2, 0.25) is 0 Å². The van der Waals surface area contributed by atoms with Gasteiger partial charge in [-0.3, -0.25) is 14.9 Å². The molecule has 0 saturated carbocycles. The molecular weight excluding hydrogens is 308 g/mol. The van der Waals surface area contributed by atoms with Crippen molar-refractivity contribution in [2.45, 2.75) is 18.8 Å². The fourth-order valence-electron chi connectivity index (χ4n) is 2.56. The van der Waals surface area contributed by atoms with Crippen molar-refractivity contribution in [1.82, 2.24) is 5.32 Å². The molecule has 0 saturated heterocycles. The Morgan fingerprint density at radius 3 is 2.33 bits per heavy atom. The summed E-state index contributed by atoms with van der Waals surface area (Å²) in [6.45, 7) is 0.561. The van der Waals surface area contributed by atoms with Gasteiger partial charge in [-0.05, 0) is 36.5 Å². The van der Waals surface area contributed by atoms with Gasteiger partial charge in [0.1, 0.15) is 0 Å². The molecule has 2 aromatic carbocycles. The monoisotopic (exact) mass is 328 g/mol. The minimum atomic E-state index is -0.499. The number of nitrogens with one attached hydrogen (secondary N) is 1. The molecule has 0 heterocycles. The molecule has 2 N–H and O–H groups in total. The molecule has 0 aliphatic heterocycles. The van der Waals surface area contributed by atoms with Crippen LogP contribution in [0.5, 0.6) is 0 Å². The van der Waals surface area contributed by atoms with Crippen molar-refractivity contribution >= 4 is 11.6 Å². The second kappa shape index (κ2) is 8.79. The number of nitrogens with zero attached hydrogens (tertiary/aromatic N) is 1. The first-order valence-corrected chi connectivity index (χ1v) is 7.80. The minimum Gasteiger partial charge on any atom is -0.396 e. The maximum Gasteiger partial charge on any atom is 0.269 e. The Bertz CT molecular complexity index is 671. The lowest BCUT2D eigenvalue weighted by atomic mass is 9.93. The first kappa shape index (κ1) is 17.6. The van der Waals surface area contributed by atoms with E-state index in [1.807, 2.05) is 30.3 Å². The molecule has 0 fully saturated rings. The highest BCUT2D eigenvalue weighted by Crippen LogP contribution is 2.22. The van der Waals surface area contributed by atoms with Crippen LogP contribution < -0.4 is 5.32 Å². The molecule has 0 aromatic heterocycles. The molecule has 2 aromatic rings. The van der Waals surface area contributed by atoms with Crippen LogP contribution in [0.25, 0.3) is 0 Å². The number of carbonyl (C=O) groups is 1. The summed E-state index contributed by atoms with van der Waals surface area (Å²) in [6.07, 6.45) is 1.35. The van der Waals surface area contributed by atoms with Gasteiger partial charge in [-0.2, -0.15) is 0 Å². The average Bonchev–Trinajstić information content (AvgIpc) is 2.61. The number of nitro benzene ring substituents is 1. The van der Waals surface area contributed by atoms with Gasteiger partial charge in [0.15, 0.2) is 0 Å². The van der Waals surface area contributed by atoms with Crippen LogP contribution in [0.1, 0.15) is 34.7 Å². The number of aliphatic hydroxyl groups excluding tert-OH is 1. The molecule has 6 heteroatoms. The summed E-state index contributed by atoms with van der Waals surface area (Å²) < 4.78 is 0. The van der Waals surface area contributed by atoms with E-state index >= 15 is 0 Å². The van der Waals surface area contributed by atoms with Crippen molar-refractivity contribution in [3.63, 3.8) is 0 Å². The van der Waals surface area contributed by atoms with Crippen molar-refractivity contribution in [2.24, 2.45) is 0 Å². The van der Waals surface area contributed by atoms with Gasteiger partial charge in [0, 0.05) is 30.8 Å². The van der Waals surface area contributed by atoms with Gasteiger partial charge in [0.2, 0.25) is 0 Å². The van der Waals surface area contributed by atoms with Crippen LogP contribution in [0.15, 0.2) is 54.6 Å². The normalized spacial score (nSPS) is 11.7. The predicted octanol–water partition coefficient (Wildman–Crippen LogP) is 2.88. The van der Waals surface area contributed by atoms with E-state index in [2.05, 4.69) is 5.32 Å². The van der Waals surface area contributed by atoms with Crippen LogP contribution in [0.3, 0.4) is 0 Å². The van der Waals surface area contributed by atoms with Gasteiger partial charge in [-0.25, -0.2) is 0 Å². The van der Waals surface area contributed by atoms with Gasteiger partial charge < -0.3 is 10.4 Å². The van der Waals surface area contributed by atoms with Crippen molar-refractivity contribution in [1.29, 1.82) is 0 Å². The van der Waals surface area contributed by atoms with Crippen molar-refractivity contribution in [2.75, 3.05) is 13.2 Å². The van der Waals surface area contributed by atoms with E-state index < -0.39 is 4.92 Å². The largest absolute Gasteiger partial charge is 0.396 e. The second-order valence-corrected chi connectivity index (χ2v) is 5.47. The summed E-state index contributed by atoms with van der Waals surface area (Å²) in [7, 11) is 0. The number of carbonyl (C=O) groups excluding carboxylic acids is 1. The van der Waals surface area contributed by atoms with Crippen molar-refractivity contribution in [3.8, 4) is 0 Å². The highest BCUT2D eigenvalue weighted by molar-refractivity contribution is 5.94. The molecule has 0 spiro atoms. The molecule has 1 atom stereocenters. The standard InChI is InChI=1S/C18H20N2O4/c21-13-11-15(14-4-2-1-3-5-14)10-12-19-18(22)16-6-8-17(9-7-16)20(23)24/h1-9,15,21H,10-13H2,(H,19,22). The topological polar surface area (TPSA) is 92.5 Å². The smallest absolute Gasteiger partial charge is 0.269 e. The maximum atomic E-state index is 12.1. The van der Waals surface area contributed by atoms with E-state index in [0.29, 0.717) is 24.9 Å². The van der Waals surface area contributed by atoms with Gasteiger partial charge in [0.05, 0.1) is 4.92 Å². The second-order valence-electron chi connectivity index (χ2n) is 5.47. The predicted molar refractivity (Wildman–Crippen MR) is 90.9 cm³/mol.